The summed E-state index contributed by atoms with van der Waals surface area (Å²) in [4.78, 5) is 13.5. The molecular weight excluding hydrogens is 262 g/mol. The first kappa shape index (κ1) is 13.2. The summed E-state index contributed by atoms with van der Waals surface area (Å²) in [5.41, 5.74) is 0.679. The van der Waals surface area contributed by atoms with E-state index in [2.05, 4.69) is 0 Å². The number of hydrogen-bond donors (Lipinski definition) is 2. The molecule has 108 valence electrons. The smallest absolute Gasteiger partial charge is 0.325 e. The van der Waals surface area contributed by atoms with E-state index in [4.69, 9.17) is 9.47 Å². The predicted octanol–water partition coefficient (Wildman–Crippen LogP) is 0.998. The van der Waals surface area contributed by atoms with Crippen LogP contribution >= 0.6 is 0 Å². The lowest BCUT2D eigenvalue weighted by Gasteiger charge is -2.34. The summed E-state index contributed by atoms with van der Waals surface area (Å²) >= 11 is 0. The molecule has 0 radical (unpaired) electrons. The number of nitrogens with zero attached hydrogens (tertiary/aromatic N) is 1. The van der Waals surface area contributed by atoms with E-state index in [1.165, 1.54) is 0 Å². The molecule has 2 aliphatic rings. The lowest BCUT2D eigenvalue weighted by molar-refractivity contribution is -0.144. The molecule has 2 heterocycles. The van der Waals surface area contributed by atoms with Crippen LogP contribution in [0.4, 0.5) is 0 Å². The van der Waals surface area contributed by atoms with E-state index in [0.29, 0.717) is 43.0 Å². The number of fused-ring (bicyclic) bond motifs is 1. The molecule has 0 spiro atoms. The second-order valence-corrected chi connectivity index (χ2v) is 5.12. The largest absolute Gasteiger partial charge is 0.480 e. The van der Waals surface area contributed by atoms with E-state index in [0.717, 1.165) is 0 Å². The van der Waals surface area contributed by atoms with Crippen molar-refractivity contribution >= 4 is 5.97 Å². The van der Waals surface area contributed by atoms with Gasteiger partial charge in [0.25, 0.3) is 0 Å². The highest BCUT2D eigenvalue weighted by atomic mass is 16.7. The Hall–Kier alpha value is -1.79. The Labute approximate surface area is 116 Å². The molecule has 1 aromatic carbocycles. The minimum atomic E-state index is -0.889. The number of aliphatic hydroxyl groups excluding tert-OH is 1. The van der Waals surface area contributed by atoms with E-state index in [9.17, 15) is 15.0 Å². The van der Waals surface area contributed by atoms with E-state index in [-0.39, 0.29) is 12.9 Å². The molecule has 1 unspecified atom stereocenters. The van der Waals surface area contributed by atoms with E-state index >= 15 is 0 Å². The number of carboxylic acids is 1. The summed E-state index contributed by atoms with van der Waals surface area (Å²) in [7, 11) is 0. The van der Waals surface area contributed by atoms with Gasteiger partial charge in [0.1, 0.15) is 6.04 Å². The number of aliphatic hydroxyl groups is 1. The van der Waals surface area contributed by atoms with Gasteiger partial charge in [-0.2, -0.15) is 0 Å². The van der Waals surface area contributed by atoms with Crippen LogP contribution in [0.15, 0.2) is 18.2 Å². The van der Waals surface area contributed by atoms with Crippen LogP contribution in [0.3, 0.4) is 0 Å². The maximum Gasteiger partial charge on any atom is 0.325 e. The Morgan fingerprint density at radius 2 is 1.95 bits per heavy atom. The highest BCUT2D eigenvalue weighted by Gasteiger charge is 2.31. The third kappa shape index (κ3) is 2.44. The van der Waals surface area contributed by atoms with Crippen molar-refractivity contribution in [3.8, 4) is 11.5 Å². The average molecular weight is 279 g/mol. The van der Waals surface area contributed by atoms with Crippen LogP contribution in [-0.2, 0) is 4.79 Å². The number of piperidine rings is 1. The van der Waals surface area contributed by atoms with Gasteiger partial charge >= 0.3 is 5.97 Å². The van der Waals surface area contributed by atoms with Crippen molar-refractivity contribution in [3.05, 3.63) is 23.8 Å². The topological polar surface area (TPSA) is 79.2 Å². The number of hydrogen-bond acceptors (Lipinski definition) is 5. The van der Waals surface area contributed by atoms with Crippen molar-refractivity contribution in [1.29, 1.82) is 0 Å². The quantitative estimate of drug-likeness (QED) is 0.859. The minimum absolute atomic E-state index is 0.173. The number of benzene rings is 1. The Morgan fingerprint density at radius 3 is 2.65 bits per heavy atom. The molecule has 1 saturated heterocycles. The molecule has 1 aromatic rings. The second kappa shape index (κ2) is 5.30. The summed E-state index contributed by atoms with van der Waals surface area (Å²) < 4.78 is 10.5. The zero-order valence-corrected chi connectivity index (χ0v) is 11.0. The Bertz CT molecular complexity index is 510. The van der Waals surface area contributed by atoms with Crippen molar-refractivity contribution in [2.24, 2.45) is 0 Å². The lowest BCUT2D eigenvalue weighted by atomic mass is 10.00. The van der Waals surface area contributed by atoms with Gasteiger partial charge in [0.05, 0.1) is 6.10 Å². The Morgan fingerprint density at radius 1 is 1.25 bits per heavy atom. The number of likely N-dealkylation sites (tertiary alicyclic amines) is 1. The van der Waals surface area contributed by atoms with Gasteiger partial charge in [-0.15, -0.1) is 0 Å². The maximum absolute atomic E-state index is 11.6. The molecule has 0 saturated carbocycles. The molecule has 2 aliphatic heterocycles. The van der Waals surface area contributed by atoms with Crippen LogP contribution in [0.5, 0.6) is 11.5 Å². The highest BCUT2D eigenvalue weighted by molar-refractivity contribution is 5.76. The number of rotatable bonds is 3. The standard InChI is InChI=1S/C14H17NO5/c16-10-3-5-15(6-4-10)13(14(17)18)9-1-2-11-12(7-9)20-8-19-11/h1-2,7,10,13,16H,3-6,8H2,(H,17,18). The Balaban J connectivity index is 1.85. The lowest BCUT2D eigenvalue weighted by Crippen LogP contribution is -2.41. The average Bonchev–Trinajstić information content (AvgIpc) is 2.88. The summed E-state index contributed by atoms with van der Waals surface area (Å²) in [6, 6.07) is 4.52. The fourth-order valence-electron chi connectivity index (χ4n) is 2.74. The first-order valence-corrected chi connectivity index (χ1v) is 6.69. The second-order valence-electron chi connectivity index (χ2n) is 5.12. The number of carbonyl (C=O) groups is 1. The van der Waals surface area contributed by atoms with Gasteiger partial charge in [-0.25, -0.2) is 0 Å². The van der Waals surface area contributed by atoms with Crippen molar-refractivity contribution in [2.75, 3.05) is 19.9 Å². The van der Waals surface area contributed by atoms with Crippen LogP contribution in [0.2, 0.25) is 0 Å². The fourth-order valence-corrected chi connectivity index (χ4v) is 2.74. The predicted molar refractivity (Wildman–Crippen MR) is 69.8 cm³/mol. The van der Waals surface area contributed by atoms with Crippen molar-refractivity contribution in [2.45, 2.75) is 25.0 Å². The Kier molecular flexibility index (Phi) is 3.50. The van der Waals surface area contributed by atoms with Gasteiger partial charge in [-0.05, 0) is 30.5 Å². The molecule has 3 rings (SSSR count). The van der Waals surface area contributed by atoms with Gasteiger partial charge in [0, 0.05) is 13.1 Å². The molecule has 1 fully saturated rings. The summed E-state index contributed by atoms with van der Waals surface area (Å²) in [5.74, 6) is 0.345. The number of aliphatic carboxylic acids is 1. The summed E-state index contributed by atoms with van der Waals surface area (Å²) in [5, 5.41) is 19.1. The third-order valence-electron chi connectivity index (χ3n) is 3.81. The van der Waals surface area contributed by atoms with Crippen LogP contribution in [-0.4, -0.2) is 47.1 Å². The van der Waals surface area contributed by atoms with Crippen LogP contribution in [0.1, 0.15) is 24.4 Å². The molecule has 1 atom stereocenters. The zero-order chi connectivity index (χ0) is 14.1. The van der Waals surface area contributed by atoms with Gasteiger partial charge < -0.3 is 19.7 Å². The number of carboxylic acid groups (broad SMARTS) is 1. The molecule has 0 aromatic heterocycles. The van der Waals surface area contributed by atoms with Gasteiger partial charge in [0.2, 0.25) is 6.79 Å². The summed E-state index contributed by atoms with van der Waals surface area (Å²) in [6.45, 7) is 1.32. The molecule has 20 heavy (non-hydrogen) atoms. The van der Waals surface area contributed by atoms with Gasteiger partial charge in [-0.3, -0.25) is 9.69 Å². The van der Waals surface area contributed by atoms with Gasteiger partial charge in [-0.1, -0.05) is 6.07 Å². The monoisotopic (exact) mass is 279 g/mol. The van der Waals surface area contributed by atoms with E-state index < -0.39 is 12.0 Å². The molecule has 6 nitrogen and oxygen atoms in total. The van der Waals surface area contributed by atoms with Crippen LogP contribution in [0.25, 0.3) is 0 Å². The normalized spacial score (nSPS) is 20.9. The zero-order valence-electron chi connectivity index (χ0n) is 11.0. The molecular formula is C14H17NO5. The van der Waals surface area contributed by atoms with Crippen LogP contribution < -0.4 is 9.47 Å². The summed E-state index contributed by atoms with van der Waals surface area (Å²) in [6.07, 6.45) is 0.889. The minimum Gasteiger partial charge on any atom is -0.480 e. The SMILES string of the molecule is O=C(O)C(c1ccc2c(c1)OCO2)N1CCC(O)CC1. The molecule has 0 aliphatic carbocycles. The fraction of sp³-hybridized carbons (Fsp3) is 0.500. The van der Waals surface area contributed by atoms with Crippen molar-refractivity contribution in [1.82, 2.24) is 4.90 Å². The third-order valence-corrected chi connectivity index (χ3v) is 3.81. The first-order chi connectivity index (χ1) is 9.65. The van der Waals surface area contributed by atoms with Crippen molar-refractivity contribution < 1.29 is 24.5 Å². The van der Waals surface area contributed by atoms with Crippen LogP contribution in [0, 0.1) is 0 Å². The van der Waals surface area contributed by atoms with Crippen molar-refractivity contribution in [3.63, 3.8) is 0 Å². The molecule has 2 N–H and O–H groups in total. The highest BCUT2D eigenvalue weighted by Crippen LogP contribution is 2.36. The van der Waals surface area contributed by atoms with E-state index in [1.807, 2.05) is 4.90 Å². The maximum atomic E-state index is 11.6. The molecule has 0 amide bonds. The molecule has 0 bridgehead atoms. The first-order valence-electron chi connectivity index (χ1n) is 6.69. The number of ether oxygens (including phenoxy) is 2. The van der Waals surface area contributed by atoms with Gasteiger partial charge in [0.15, 0.2) is 11.5 Å². The molecule has 6 heteroatoms. The van der Waals surface area contributed by atoms with E-state index in [1.54, 1.807) is 18.2 Å².